The number of piperidine rings is 1. The molecule has 0 radical (unpaired) electrons. The molecule has 0 spiro atoms. The van der Waals surface area contributed by atoms with Gasteiger partial charge >= 0.3 is 0 Å². The first-order valence-electron chi connectivity index (χ1n) is 12.1. The first-order valence-corrected chi connectivity index (χ1v) is 12.5. The first kappa shape index (κ1) is 24.9. The second kappa shape index (κ2) is 9.61. The number of likely N-dealkylation sites (tertiary alicyclic amines) is 1. The molecule has 190 valence electrons. The van der Waals surface area contributed by atoms with Gasteiger partial charge in [0, 0.05) is 37.1 Å². The second-order valence-corrected chi connectivity index (χ2v) is 9.79. The van der Waals surface area contributed by atoms with Gasteiger partial charge in [-0.15, -0.1) is 0 Å². The molecule has 0 unspecified atom stereocenters. The first-order chi connectivity index (χ1) is 17.7. The number of amides is 1. The van der Waals surface area contributed by atoms with Gasteiger partial charge in [0.05, 0.1) is 23.5 Å². The normalized spacial score (nSPS) is 15.8. The maximum absolute atomic E-state index is 14.7. The van der Waals surface area contributed by atoms with Crippen LogP contribution < -0.4 is 5.32 Å². The summed E-state index contributed by atoms with van der Waals surface area (Å²) in [4.78, 5) is 23.5. The smallest absolute Gasteiger partial charge is 0.274 e. The zero-order chi connectivity index (χ0) is 26.4. The average molecular weight is 520 g/mol. The molecule has 4 aromatic rings. The lowest BCUT2D eigenvalue weighted by Crippen LogP contribution is -2.47. The summed E-state index contributed by atoms with van der Waals surface area (Å²) >= 11 is 6.52. The molecule has 1 saturated heterocycles. The summed E-state index contributed by atoms with van der Waals surface area (Å²) < 4.78 is 18.2. The molecule has 0 bridgehead atoms. The number of aromatic nitrogens is 4. The van der Waals surface area contributed by atoms with E-state index < -0.39 is 5.82 Å². The summed E-state index contributed by atoms with van der Waals surface area (Å²) in [7, 11) is 3.68. The Morgan fingerprint density at radius 1 is 1.27 bits per heavy atom. The van der Waals surface area contributed by atoms with E-state index in [4.69, 9.17) is 23.2 Å². The molecule has 2 aromatic heterocycles. The molecule has 1 aliphatic rings. The van der Waals surface area contributed by atoms with Gasteiger partial charge in [-0.05, 0) is 57.5 Å². The number of carbonyl (C=O) groups is 1. The largest absolute Gasteiger partial charge is 0.336 e. The number of hydrogen-bond acceptors (Lipinski definition) is 4. The Bertz CT molecular complexity index is 1580. The average Bonchev–Trinajstić information content (AvgIpc) is 3.38. The molecule has 1 aliphatic heterocycles. The maximum atomic E-state index is 14.7. The summed E-state index contributed by atoms with van der Waals surface area (Å²) in [6.07, 6.45) is 1.92. The number of halogens is 2. The van der Waals surface area contributed by atoms with Crippen molar-refractivity contribution in [1.82, 2.24) is 29.5 Å². The third kappa shape index (κ3) is 4.26. The molecule has 0 saturated carbocycles. The summed E-state index contributed by atoms with van der Waals surface area (Å²) in [6.45, 7) is 12.2. The highest BCUT2D eigenvalue weighted by Crippen LogP contribution is 2.34. The van der Waals surface area contributed by atoms with Crippen molar-refractivity contribution in [2.75, 3.05) is 20.1 Å². The quantitative estimate of drug-likeness (QED) is 0.376. The number of rotatable bonds is 4. The van der Waals surface area contributed by atoms with E-state index in [1.54, 1.807) is 17.8 Å². The number of benzene rings is 2. The number of fused-ring (bicyclic) bond motifs is 1. The molecule has 8 nitrogen and oxygen atoms in total. The van der Waals surface area contributed by atoms with Crippen molar-refractivity contribution < 1.29 is 9.18 Å². The van der Waals surface area contributed by atoms with Gasteiger partial charge in [0.1, 0.15) is 22.5 Å². The predicted molar refractivity (Wildman–Crippen MR) is 142 cm³/mol. The van der Waals surface area contributed by atoms with Gasteiger partial charge in [-0.1, -0.05) is 23.7 Å². The van der Waals surface area contributed by atoms with Crippen molar-refractivity contribution in [2.24, 2.45) is 7.05 Å². The van der Waals surface area contributed by atoms with Crippen LogP contribution in [0.1, 0.15) is 34.6 Å². The molecule has 37 heavy (non-hydrogen) atoms. The van der Waals surface area contributed by atoms with Crippen molar-refractivity contribution in [3.63, 3.8) is 0 Å². The van der Waals surface area contributed by atoms with Gasteiger partial charge in [-0.2, -0.15) is 5.10 Å². The number of likely N-dealkylation sites (N-methyl/N-ethyl adjacent to an activating group) is 1. The van der Waals surface area contributed by atoms with Crippen molar-refractivity contribution in [2.45, 2.75) is 32.7 Å². The molecular weight excluding hydrogens is 493 g/mol. The molecule has 2 aromatic carbocycles. The highest BCUT2D eigenvalue weighted by Gasteiger charge is 2.29. The van der Waals surface area contributed by atoms with Gasteiger partial charge in [-0.25, -0.2) is 14.2 Å². The fraction of sp³-hybridized carbons (Fsp3) is 0.333. The Kier molecular flexibility index (Phi) is 6.48. The van der Waals surface area contributed by atoms with Crippen molar-refractivity contribution in [3.8, 4) is 17.1 Å². The Morgan fingerprint density at radius 2 is 2.05 bits per heavy atom. The van der Waals surface area contributed by atoms with Crippen LogP contribution in [0, 0.1) is 26.2 Å². The molecule has 1 N–H and O–H groups in total. The number of carbonyl (C=O) groups excluding carboxylic acids is 1. The van der Waals surface area contributed by atoms with Crippen LogP contribution in [0.4, 0.5) is 10.1 Å². The lowest BCUT2D eigenvalue weighted by Gasteiger charge is -2.32. The van der Waals surface area contributed by atoms with Crippen LogP contribution in [0.2, 0.25) is 5.15 Å². The second-order valence-electron chi connectivity index (χ2n) is 9.43. The van der Waals surface area contributed by atoms with Gasteiger partial charge in [0.25, 0.3) is 5.91 Å². The maximum Gasteiger partial charge on any atom is 0.274 e. The molecule has 10 heteroatoms. The van der Waals surface area contributed by atoms with E-state index in [0.29, 0.717) is 41.0 Å². The van der Waals surface area contributed by atoms with Gasteiger partial charge in [0.15, 0.2) is 0 Å². The molecule has 0 aliphatic carbocycles. The Labute approximate surface area is 219 Å². The van der Waals surface area contributed by atoms with E-state index in [2.05, 4.69) is 15.3 Å². The van der Waals surface area contributed by atoms with E-state index in [1.165, 1.54) is 12.1 Å². The van der Waals surface area contributed by atoms with Gasteiger partial charge in [0.2, 0.25) is 5.69 Å². The molecular formula is C27H27ClFN7O. The molecule has 1 amide bonds. The highest BCUT2D eigenvalue weighted by molar-refractivity contribution is 6.34. The molecule has 1 atom stereocenters. The van der Waals surface area contributed by atoms with Crippen LogP contribution in [-0.4, -0.2) is 56.3 Å². The minimum atomic E-state index is -0.636. The van der Waals surface area contributed by atoms with E-state index in [1.807, 2.05) is 42.5 Å². The summed E-state index contributed by atoms with van der Waals surface area (Å²) in [5, 5.41) is 8.99. The number of hydrogen-bond donors (Lipinski definition) is 1. The van der Waals surface area contributed by atoms with E-state index in [0.717, 1.165) is 35.0 Å². The van der Waals surface area contributed by atoms with Crippen LogP contribution in [0.3, 0.4) is 0 Å². The molecule has 5 rings (SSSR count). The highest BCUT2D eigenvalue weighted by atomic mass is 35.5. The summed E-state index contributed by atoms with van der Waals surface area (Å²) in [5.74, 6) is -0.377. The van der Waals surface area contributed by atoms with E-state index >= 15 is 0 Å². The third-order valence-corrected chi connectivity index (χ3v) is 7.52. The fourth-order valence-electron chi connectivity index (χ4n) is 5.03. The van der Waals surface area contributed by atoms with E-state index in [-0.39, 0.29) is 17.6 Å². The predicted octanol–water partition coefficient (Wildman–Crippen LogP) is 5.21. The molecule has 3 heterocycles. The third-order valence-electron chi connectivity index (χ3n) is 7.07. The Hall–Kier alpha value is -3.74. The topological polar surface area (TPSA) is 72.3 Å². The number of aryl methyl sites for hydroxylation is 2. The van der Waals surface area contributed by atoms with Crippen LogP contribution in [-0.2, 0) is 7.05 Å². The molecule has 1 fully saturated rings. The van der Waals surface area contributed by atoms with Crippen LogP contribution in [0.5, 0.6) is 0 Å². The van der Waals surface area contributed by atoms with Crippen LogP contribution in [0.15, 0.2) is 30.3 Å². The summed E-state index contributed by atoms with van der Waals surface area (Å²) in [6, 6.07) is 8.48. The number of nitrogens with one attached hydrogen (secondary N) is 1. The van der Waals surface area contributed by atoms with Gasteiger partial charge in [-0.3, -0.25) is 14.0 Å². The Morgan fingerprint density at radius 3 is 2.76 bits per heavy atom. The number of nitrogens with zero attached hydrogens (tertiary/aromatic N) is 6. The zero-order valence-electron chi connectivity index (χ0n) is 21.1. The summed E-state index contributed by atoms with van der Waals surface area (Å²) in [5.41, 5.74) is 3.78. The lowest BCUT2D eigenvalue weighted by molar-refractivity contribution is 0.0692. The minimum Gasteiger partial charge on any atom is -0.336 e. The van der Waals surface area contributed by atoms with E-state index in [9.17, 15) is 9.18 Å². The zero-order valence-corrected chi connectivity index (χ0v) is 21.9. The number of imidazole rings is 1. The van der Waals surface area contributed by atoms with Crippen molar-refractivity contribution in [1.29, 1.82) is 0 Å². The van der Waals surface area contributed by atoms with Crippen molar-refractivity contribution >= 4 is 34.1 Å². The monoisotopic (exact) mass is 519 g/mol. The van der Waals surface area contributed by atoms with Crippen molar-refractivity contribution in [3.05, 3.63) is 69.7 Å². The SMILES string of the molecule is [C-]#[N+]c1ccc(-c2nc(C(=O)N3CCC[C@H](NC)C3)c(C)n2-c2cc3c(Cl)n(C)nc3cc2C)cc1F. The van der Waals surface area contributed by atoms with Crippen LogP contribution >= 0.6 is 11.6 Å². The minimum absolute atomic E-state index is 0.0685. The Balaban J connectivity index is 1.72. The lowest BCUT2D eigenvalue weighted by atomic mass is 10.1. The standard InChI is InChI=1S/C27H27ClFN7O/c1-15-11-22-19(25(28)34(5)33-22)13-23(15)36-16(2)24(27(37)35-10-6-7-18(14-35)30-3)32-26(36)17-8-9-21(31-4)20(29)12-17/h8-9,11-13,18,30H,6-7,10,14H2,1-3,5H3/t18-/m0/s1. The fourth-order valence-corrected chi connectivity index (χ4v) is 5.22. The van der Waals surface area contributed by atoms with Crippen LogP contribution in [0.25, 0.3) is 32.8 Å². The van der Waals surface area contributed by atoms with Gasteiger partial charge < -0.3 is 10.2 Å².